The number of hydrogen-bond donors (Lipinski definition) is 0. The predicted octanol–water partition coefficient (Wildman–Crippen LogP) is 3.85. The number of aryl methyl sites for hydroxylation is 1. The number of methoxy groups -OCH3 is 1. The van der Waals surface area contributed by atoms with E-state index in [2.05, 4.69) is 0 Å². The maximum absolute atomic E-state index is 13.9. The zero-order chi connectivity index (χ0) is 22.7. The lowest BCUT2D eigenvalue weighted by atomic mass is 9.97. The molecule has 7 heteroatoms. The summed E-state index contributed by atoms with van der Waals surface area (Å²) >= 11 is 0. The Labute approximate surface area is 187 Å². The van der Waals surface area contributed by atoms with Crippen molar-refractivity contribution in [2.75, 3.05) is 20.3 Å². The van der Waals surface area contributed by atoms with E-state index in [4.69, 9.17) is 14.5 Å². The fourth-order valence-corrected chi connectivity index (χ4v) is 4.26. The van der Waals surface area contributed by atoms with Crippen LogP contribution in [-0.2, 0) is 16.0 Å². The Hall–Kier alpha value is -3.45. The topological polar surface area (TPSA) is 73.7 Å². The molecule has 2 aromatic carbocycles. The lowest BCUT2D eigenvalue weighted by Gasteiger charge is -2.33. The van der Waals surface area contributed by atoms with Crippen LogP contribution in [-0.4, -0.2) is 40.8 Å². The zero-order valence-corrected chi connectivity index (χ0v) is 18.5. The van der Waals surface area contributed by atoms with Gasteiger partial charge in [-0.15, -0.1) is 0 Å². The Balaban J connectivity index is 1.89. The Morgan fingerprint density at radius 2 is 1.69 bits per heavy atom. The van der Waals surface area contributed by atoms with E-state index in [0.717, 1.165) is 11.1 Å². The summed E-state index contributed by atoms with van der Waals surface area (Å²) in [4.78, 5) is 32.6. The second kappa shape index (κ2) is 9.36. The first-order chi connectivity index (χ1) is 15.5. The molecule has 3 aromatic rings. The van der Waals surface area contributed by atoms with Gasteiger partial charge in [0.1, 0.15) is 11.9 Å². The number of carbonyl (C=O) groups is 1. The van der Waals surface area contributed by atoms with Gasteiger partial charge in [0.2, 0.25) is 0 Å². The van der Waals surface area contributed by atoms with Crippen molar-refractivity contribution in [3.8, 4) is 0 Å². The SMILES string of the molecule is CCOC(=O)N1Cc2c(nc(C)n(C(c3ccccc3)c3ccccc3)c2=O)C(OC)C1. The van der Waals surface area contributed by atoms with Gasteiger partial charge in [0.25, 0.3) is 5.56 Å². The minimum absolute atomic E-state index is 0.135. The quantitative estimate of drug-likeness (QED) is 0.611. The highest BCUT2D eigenvalue weighted by molar-refractivity contribution is 5.68. The van der Waals surface area contributed by atoms with Crippen LogP contribution in [0.3, 0.4) is 0 Å². The number of benzene rings is 2. The van der Waals surface area contributed by atoms with Gasteiger partial charge < -0.3 is 14.4 Å². The Morgan fingerprint density at radius 3 is 2.22 bits per heavy atom. The number of hydrogen-bond acceptors (Lipinski definition) is 5. The minimum atomic E-state index is -0.490. The molecule has 166 valence electrons. The molecule has 0 radical (unpaired) electrons. The Kier molecular flexibility index (Phi) is 6.37. The van der Waals surface area contributed by atoms with E-state index in [9.17, 15) is 9.59 Å². The van der Waals surface area contributed by atoms with Crippen molar-refractivity contribution in [2.24, 2.45) is 0 Å². The molecule has 1 unspecified atom stereocenters. The number of amides is 1. The number of fused-ring (bicyclic) bond motifs is 1. The summed E-state index contributed by atoms with van der Waals surface area (Å²) in [6.07, 6.45) is -0.953. The second-order valence-electron chi connectivity index (χ2n) is 7.73. The van der Waals surface area contributed by atoms with Gasteiger partial charge in [-0.25, -0.2) is 9.78 Å². The van der Waals surface area contributed by atoms with Crippen molar-refractivity contribution in [3.63, 3.8) is 0 Å². The monoisotopic (exact) mass is 433 g/mol. The molecular weight excluding hydrogens is 406 g/mol. The number of rotatable bonds is 5. The van der Waals surface area contributed by atoms with Crippen LogP contribution < -0.4 is 5.56 Å². The summed E-state index contributed by atoms with van der Waals surface area (Å²) in [5, 5.41) is 0. The van der Waals surface area contributed by atoms with E-state index in [1.165, 1.54) is 4.90 Å². The van der Waals surface area contributed by atoms with E-state index < -0.39 is 12.2 Å². The molecule has 7 nitrogen and oxygen atoms in total. The third kappa shape index (κ3) is 4.03. The van der Waals surface area contributed by atoms with Gasteiger partial charge in [-0.05, 0) is 25.0 Å². The molecule has 1 aliphatic rings. The van der Waals surface area contributed by atoms with E-state index in [1.54, 1.807) is 18.6 Å². The molecule has 0 bridgehead atoms. The van der Waals surface area contributed by atoms with Gasteiger partial charge in [0, 0.05) is 7.11 Å². The van der Waals surface area contributed by atoms with Crippen molar-refractivity contribution < 1.29 is 14.3 Å². The number of carbonyl (C=O) groups excluding carboxylic acids is 1. The molecule has 32 heavy (non-hydrogen) atoms. The molecular formula is C25H27N3O4. The molecule has 0 fully saturated rings. The molecule has 0 saturated heterocycles. The fourth-order valence-electron chi connectivity index (χ4n) is 4.26. The van der Waals surface area contributed by atoms with Crippen LogP contribution in [0.4, 0.5) is 4.79 Å². The van der Waals surface area contributed by atoms with E-state index in [-0.39, 0.29) is 24.8 Å². The van der Waals surface area contributed by atoms with Gasteiger partial charge in [-0.2, -0.15) is 0 Å². The van der Waals surface area contributed by atoms with Crippen LogP contribution in [0.25, 0.3) is 0 Å². The molecule has 0 spiro atoms. The number of aromatic nitrogens is 2. The molecule has 1 atom stereocenters. The van der Waals surface area contributed by atoms with Crippen molar-refractivity contribution in [1.29, 1.82) is 0 Å². The summed E-state index contributed by atoms with van der Waals surface area (Å²) in [6, 6.07) is 19.4. The Bertz CT molecular complexity index is 1110. The third-order valence-electron chi connectivity index (χ3n) is 5.76. The standard InChI is InChI=1S/C25H27N3O4/c1-4-32-25(30)27-15-20-22(21(16-27)31-3)26-17(2)28(24(20)29)23(18-11-7-5-8-12-18)19-13-9-6-10-14-19/h5-14,21,23H,4,15-16H2,1-3H3. The van der Waals surface area contributed by atoms with Gasteiger partial charge in [0.15, 0.2) is 0 Å². The lowest BCUT2D eigenvalue weighted by Crippen LogP contribution is -2.44. The summed E-state index contributed by atoms with van der Waals surface area (Å²) < 4.78 is 12.5. The molecule has 0 saturated carbocycles. The van der Waals surface area contributed by atoms with E-state index >= 15 is 0 Å². The maximum Gasteiger partial charge on any atom is 0.410 e. The van der Waals surface area contributed by atoms with Crippen LogP contribution >= 0.6 is 0 Å². The molecule has 1 aromatic heterocycles. The molecule has 1 amide bonds. The largest absolute Gasteiger partial charge is 0.450 e. The van der Waals surface area contributed by atoms with Crippen molar-refractivity contribution in [2.45, 2.75) is 32.5 Å². The van der Waals surface area contributed by atoms with Crippen molar-refractivity contribution in [3.05, 3.63) is 99.2 Å². The first-order valence-electron chi connectivity index (χ1n) is 10.7. The van der Waals surface area contributed by atoms with Crippen LogP contribution in [0.5, 0.6) is 0 Å². The molecule has 1 aliphatic heterocycles. The highest BCUT2D eigenvalue weighted by Crippen LogP contribution is 2.30. The lowest BCUT2D eigenvalue weighted by molar-refractivity contribution is 0.0345. The van der Waals surface area contributed by atoms with Gasteiger partial charge >= 0.3 is 6.09 Å². The zero-order valence-electron chi connectivity index (χ0n) is 18.5. The third-order valence-corrected chi connectivity index (χ3v) is 5.76. The van der Waals surface area contributed by atoms with Crippen LogP contribution in [0.1, 0.15) is 47.3 Å². The van der Waals surface area contributed by atoms with Crippen molar-refractivity contribution >= 4 is 6.09 Å². The highest BCUT2D eigenvalue weighted by Gasteiger charge is 2.34. The van der Waals surface area contributed by atoms with Crippen LogP contribution in [0, 0.1) is 6.92 Å². The van der Waals surface area contributed by atoms with Gasteiger partial charge in [-0.1, -0.05) is 60.7 Å². The highest BCUT2D eigenvalue weighted by atomic mass is 16.6. The first kappa shape index (κ1) is 21.8. The number of ether oxygens (including phenoxy) is 2. The van der Waals surface area contributed by atoms with E-state index in [0.29, 0.717) is 23.6 Å². The van der Waals surface area contributed by atoms with Crippen LogP contribution in [0.15, 0.2) is 65.5 Å². The van der Waals surface area contributed by atoms with Gasteiger partial charge in [-0.3, -0.25) is 9.36 Å². The maximum atomic E-state index is 13.9. The predicted molar refractivity (Wildman–Crippen MR) is 121 cm³/mol. The normalized spacial score (nSPS) is 15.5. The minimum Gasteiger partial charge on any atom is -0.450 e. The smallest absolute Gasteiger partial charge is 0.410 e. The van der Waals surface area contributed by atoms with Crippen LogP contribution in [0.2, 0.25) is 0 Å². The summed E-state index contributed by atoms with van der Waals surface area (Å²) in [6.45, 7) is 4.28. The molecule has 0 N–H and O–H groups in total. The van der Waals surface area contributed by atoms with E-state index in [1.807, 2.05) is 67.6 Å². The average molecular weight is 434 g/mol. The molecule has 4 rings (SSSR count). The summed E-state index contributed by atoms with van der Waals surface area (Å²) in [5.74, 6) is 0.595. The van der Waals surface area contributed by atoms with Gasteiger partial charge in [0.05, 0.1) is 37.0 Å². The summed E-state index contributed by atoms with van der Waals surface area (Å²) in [5.41, 5.74) is 2.82. The molecule has 0 aliphatic carbocycles. The summed E-state index contributed by atoms with van der Waals surface area (Å²) in [7, 11) is 1.56. The Morgan fingerprint density at radius 1 is 1.09 bits per heavy atom. The first-order valence-corrected chi connectivity index (χ1v) is 10.7. The second-order valence-corrected chi connectivity index (χ2v) is 7.73. The average Bonchev–Trinajstić information content (AvgIpc) is 2.82. The number of nitrogens with zero attached hydrogens (tertiary/aromatic N) is 3. The molecule has 2 heterocycles. The fraction of sp³-hybridized carbons (Fsp3) is 0.320. The van der Waals surface area contributed by atoms with Crippen molar-refractivity contribution in [1.82, 2.24) is 14.5 Å².